The lowest BCUT2D eigenvalue weighted by atomic mass is 10.1. The van der Waals surface area contributed by atoms with Gasteiger partial charge in [-0.3, -0.25) is 14.5 Å². The molecule has 0 spiro atoms. The molecular formula is C23H26N2O3S. The number of methoxy groups -OCH3 is 1. The number of aryl methyl sites for hydroxylation is 1. The number of benzene rings is 2. The standard InChI is InChI=1S/C23H26N2O3S/c1-5-24(6-2)19-12-11-17(20(14-19)28-4)13-21-22(26)25(23(27)29-21)15-18-10-8-7-9-16(18)3/h7-14H,5-6,15H2,1-4H3/b21-13-. The molecule has 0 saturated carbocycles. The molecule has 1 aliphatic rings. The first-order valence-corrected chi connectivity index (χ1v) is 10.5. The molecule has 6 heteroatoms. The minimum Gasteiger partial charge on any atom is -0.496 e. The van der Waals surface area contributed by atoms with Crippen LogP contribution in [0.15, 0.2) is 47.4 Å². The number of hydrogen-bond acceptors (Lipinski definition) is 5. The highest BCUT2D eigenvalue weighted by atomic mass is 32.2. The van der Waals surface area contributed by atoms with Crippen LogP contribution in [0.2, 0.25) is 0 Å². The van der Waals surface area contributed by atoms with Gasteiger partial charge in [0.1, 0.15) is 5.75 Å². The fourth-order valence-electron chi connectivity index (χ4n) is 3.34. The van der Waals surface area contributed by atoms with E-state index in [-0.39, 0.29) is 17.7 Å². The van der Waals surface area contributed by atoms with Crippen molar-refractivity contribution in [1.29, 1.82) is 0 Å². The van der Waals surface area contributed by atoms with E-state index >= 15 is 0 Å². The summed E-state index contributed by atoms with van der Waals surface area (Å²) in [5, 5.41) is -0.247. The molecule has 0 bridgehead atoms. The maximum atomic E-state index is 12.9. The van der Waals surface area contributed by atoms with Crippen LogP contribution < -0.4 is 9.64 Å². The molecule has 5 nitrogen and oxygen atoms in total. The lowest BCUT2D eigenvalue weighted by molar-refractivity contribution is -0.123. The summed E-state index contributed by atoms with van der Waals surface area (Å²) in [6, 6.07) is 13.7. The minimum atomic E-state index is -0.266. The van der Waals surface area contributed by atoms with E-state index in [2.05, 4.69) is 18.7 Å². The quantitative estimate of drug-likeness (QED) is 0.595. The Morgan fingerprint density at radius 1 is 1.10 bits per heavy atom. The third-order valence-electron chi connectivity index (χ3n) is 5.10. The molecule has 2 aromatic rings. The number of nitrogens with zero attached hydrogens (tertiary/aromatic N) is 2. The van der Waals surface area contributed by atoms with Gasteiger partial charge in [0.05, 0.1) is 18.6 Å². The molecule has 1 saturated heterocycles. The van der Waals surface area contributed by atoms with Crippen LogP contribution in [-0.4, -0.2) is 36.2 Å². The molecule has 1 aliphatic heterocycles. The fourth-order valence-corrected chi connectivity index (χ4v) is 4.17. The van der Waals surface area contributed by atoms with E-state index in [1.165, 1.54) is 4.90 Å². The first-order valence-electron chi connectivity index (χ1n) is 9.71. The second-order valence-electron chi connectivity index (χ2n) is 6.79. The van der Waals surface area contributed by atoms with Gasteiger partial charge in [-0.2, -0.15) is 0 Å². The summed E-state index contributed by atoms with van der Waals surface area (Å²) in [5.74, 6) is 0.415. The molecule has 0 radical (unpaired) electrons. The summed E-state index contributed by atoms with van der Waals surface area (Å²) < 4.78 is 5.55. The third kappa shape index (κ3) is 4.48. The van der Waals surface area contributed by atoms with Crippen molar-refractivity contribution in [2.75, 3.05) is 25.1 Å². The molecule has 1 heterocycles. The van der Waals surface area contributed by atoms with Gasteiger partial charge in [0, 0.05) is 30.4 Å². The molecule has 1 fully saturated rings. The summed E-state index contributed by atoms with van der Waals surface area (Å²) in [5.41, 5.74) is 3.88. The van der Waals surface area contributed by atoms with E-state index in [1.807, 2.05) is 49.4 Å². The number of hydrogen-bond donors (Lipinski definition) is 0. The lowest BCUT2D eigenvalue weighted by Gasteiger charge is -2.22. The number of thioether (sulfide) groups is 1. The van der Waals surface area contributed by atoms with Gasteiger partial charge in [-0.15, -0.1) is 0 Å². The normalized spacial score (nSPS) is 15.3. The number of amides is 2. The van der Waals surface area contributed by atoms with Crippen LogP contribution in [0.25, 0.3) is 6.08 Å². The van der Waals surface area contributed by atoms with Crippen molar-refractivity contribution in [3.05, 3.63) is 64.1 Å². The van der Waals surface area contributed by atoms with Crippen LogP contribution in [-0.2, 0) is 11.3 Å². The highest BCUT2D eigenvalue weighted by Crippen LogP contribution is 2.36. The van der Waals surface area contributed by atoms with E-state index in [0.717, 1.165) is 47.2 Å². The Morgan fingerprint density at radius 3 is 2.48 bits per heavy atom. The van der Waals surface area contributed by atoms with E-state index < -0.39 is 0 Å². The first kappa shape index (κ1) is 21.0. The second-order valence-corrected chi connectivity index (χ2v) is 7.79. The van der Waals surface area contributed by atoms with Gasteiger partial charge >= 0.3 is 0 Å². The Bertz CT molecular complexity index is 951. The molecule has 0 aromatic heterocycles. The highest BCUT2D eigenvalue weighted by Gasteiger charge is 2.35. The van der Waals surface area contributed by atoms with Gasteiger partial charge in [-0.05, 0) is 61.9 Å². The predicted octanol–water partition coefficient (Wildman–Crippen LogP) is 5.09. The van der Waals surface area contributed by atoms with E-state index in [9.17, 15) is 9.59 Å². The summed E-state index contributed by atoms with van der Waals surface area (Å²) in [4.78, 5) is 29.3. The van der Waals surface area contributed by atoms with E-state index in [4.69, 9.17) is 4.74 Å². The molecule has 2 amide bonds. The number of carbonyl (C=O) groups is 2. The first-order chi connectivity index (χ1) is 14.0. The summed E-state index contributed by atoms with van der Waals surface area (Å²) in [6.45, 7) is 8.27. The van der Waals surface area contributed by atoms with Crippen LogP contribution in [0.4, 0.5) is 10.5 Å². The van der Waals surface area contributed by atoms with Crippen LogP contribution in [0.1, 0.15) is 30.5 Å². The smallest absolute Gasteiger partial charge is 0.293 e. The Morgan fingerprint density at radius 2 is 1.83 bits per heavy atom. The maximum Gasteiger partial charge on any atom is 0.293 e. The van der Waals surface area contributed by atoms with Crippen LogP contribution >= 0.6 is 11.8 Å². The molecule has 0 atom stereocenters. The van der Waals surface area contributed by atoms with Gasteiger partial charge in [-0.1, -0.05) is 24.3 Å². The Kier molecular flexibility index (Phi) is 6.64. The second kappa shape index (κ2) is 9.18. The Hall–Kier alpha value is -2.73. The predicted molar refractivity (Wildman–Crippen MR) is 119 cm³/mol. The zero-order chi connectivity index (χ0) is 21.0. The number of imide groups is 1. The average molecular weight is 411 g/mol. The maximum absolute atomic E-state index is 12.9. The molecule has 0 N–H and O–H groups in total. The van der Waals surface area contributed by atoms with Gasteiger partial charge in [-0.25, -0.2) is 0 Å². The van der Waals surface area contributed by atoms with Crippen molar-refractivity contribution in [1.82, 2.24) is 4.90 Å². The zero-order valence-electron chi connectivity index (χ0n) is 17.3. The van der Waals surface area contributed by atoms with Crippen LogP contribution in [0, 0.1) is 6.92 Å². The van der Waals surface area contributed by atoms with E-state index in [0.29, 0.717) is 10.7 Å². The molecule has 2 aromatic carbocycles. The van der Waals surface area contributed by atoms with Crippen molar-refractivity contribution in [3.8, 4) is 5.75 Å². The van der Waals surface area contributed by atoms with Crippen molar-refractivity contribution >= 4 is 34.7 Å². The molecule has 3 rings (SSSR count). The van der Waals surface area contributed by atoms with Crippen molar-refractivity contribution in [2.45, 2.75) is 27.3 Å². The van der Waals surface area contributed by atoms with Gasteiger partial charge in [0.15, 0.2) is 0 Å². The Balaban J connectivity index is 1.86. The van der Waals surface area contributed by atoms with Crippen molar-refractivity contribution in [2.24, 2.45) is 0 Å². The van der Waals surface area contributed by atoms with Crippen molar-refractivity contribution in [3.63, 3.8) is 0 Å². The van der Waals surface area contributed by atoms with Crippen LogP contribution in [0.3, 0.4) is 0 Å². The topological polar surface area (TPSA) is 49.9 Å². The van der Waals surface area contributed by atoms with Crippen molar-refractivity contribution < 1.29 is 14.3 Å². The lowest BCUT2D eigenvalue weighted by Crippen LogP contribution is -2.27. The number of carbonyl (C=O) groups excluding carboxylic acids is 2. The SMILES string of the molecule is CCN(CC)c1ccc(/C=C2\SC(=O)N(Cc3ccccc3C)C2=O)c(OC)c1. The molecule has 29 heavy (non-hydrogen) atoms. The minimum absolute atomic E-state index is 0.247. The third-order valence-corrected chi connectivity index (χ3v) is 6.00. The highest BCUT2D eigenvalue weighted by molar-refractivity contribution is 8.18. The van der Waals surface area contributed by atoms with Gasteiger partial charge in [0.25, 0.3) is 11.1 Å². The molecular weight excluding hydrogens is 384 g/mol. The van der Waals surface area contributed by atoms with E-state index in [1.54, 1.807) is 13.2 Å². The molecule has 0 aliphatic carbocycles. The number of ether oxygens (including phenoxy) is 1. The number of rotatable bonds is 7. The molecule has 0 unspecified atom stereocenters. The number of anilines is 1. The van der Waals surface area contributed by atoms with Gasteiger partial charge < -0.3 is 9.64 Å². The van der Waals surface area contributed by atoms with Crippen LogP contribution in [0.5, 0.6) is 5.75 Å². The average Bonchev–Trinajstić information content (AvgIpc) is 2.98. The summed E-state index contributed by atoms with van der Waals surface area (Å²) >= 11 is 0.973. The zero-order valence-corrected chi connectivity index (χ0v) is 18.1. The largest absolute Gasteiger partial charge is 0.496 e. The summed E-state index contributed by atoms with van der Waals surface area (Å²) in [6.07, 6.45) is 1.74. The summed E-state index contributed by atoms with van der Waals surface area (Å²) in [7, 11) is 1.61. The fraction of sp³-hybridized carbons (Fsp3) is 0.304. The monoisotopic (exact) mass is 410 g/mol. The molecule has 152 valence electrons. The van der Waals surface area contributed by atoms with Gasteiger partial charge in [0.2, 0.25) is 0 Å². The Labute approximate surface area is 176 Å².